The Hall–Kier alpha value is -2.10. The van der Waals surface area contributed by atoms with Crippen molar-refractivity contribution in [3.05, 3.63) is 40.7 Å². The van der Waals surface area contributed by atoms with Gasteiger partial charge in [-0.25, -0.2) is 4.79 Å². The van der Waals surface area contributed by atoms with Gasteiger partial charge in [0.1, 0.15) is 0 Å². The molecule has 0 spiro atoms. The lowest BCUT2D eigenvalue weighted by Crippen LogP contribution is -2.13. The Labute approximate surface area is 112 Å². The number of aryl methyl sites for hydroxylation is 1. The lowest BCUT2D eigenvalue weighted by Gasteiger charge is -2.12. The van der Waals surface area contributed by atoms with Gasteiger partial charge in [0.05, 0.1) is 17.9 Å². The monoisotopic (exact) mass is 259 g/mol. The van der Waals surface area contributed by atoms with Crippen LogP contribution in [-0.4, -0.2) is 22.8 Å². The molecule has 0 saturated carbocycles. The highest BCUT2D eigenvalue weighted by Gasteiger charge is 2.19. The van der Waals surface area contributed by atoms with Gasteiger partial charge in [-0.05, 0) is 44.0 Å². The molecule has 0 bridgehead atoms. The van der Waals surface area contributed by atoms with Crippen molar-refractivity contribution in [2.75, 3.05) is 6.61 Å². The van der Waals surface area contributed by atoms with Crippen LogP contribution in [0.2, 0.25) is 0 Å². The Morgan fingerprint density at radius 3 is 2.58 bits per heavy atom. The number of hydrogen-bond acceptors (Lipinski definition) is 3. The average molecular weight is 259 g/mol. The van der Waals surface area contributed by atoms with Crippen molar-refractivity contribution in [1.82, 2.24) is 4.40 Å². The van der Waals surface area contributed by atoms with Gasteiger partial charge in [-0.3, -0.25) is 4.79 Å². The summed E-state index contributed by atoms with van der Waals surface area (Å²) in [5.41, 5.74) is 3.54. The van der Waals surface area contributed by atoms with E-state index in [9.17, 15) is 9.59 Å². The lowest BCUT2D eigenvalue weighted by molar-refractivity contribution is 0.0525. The van der Waals surface area contributed by atoms with Crippen LogP contribution in [0.5, 0.6) is 0 Å². The van der Waals surface area contributed by atoms with Gasteiger partial charge in [0.25, 0.3) is 0 Å². The maximum absolute atomic E-state index is 12.0. The van der Waals surface area contributed by atoms with Gasteiger partial charge >= 0.3 is 5.97 Å². The third-order valence-corrected chi connectivity index (χ3v) is 3.25. The highest BCUT2D eigenvalue weighted by Crippen LogP contribution is 2.22. The van der Waals surface area contributed by atoms with Crippen molar-refractivity contribution in [2.24, 2.45) is 0 Å². The van der Waals surface area contributed by atoms with Crippen LogP contribution in [0.3, 0.4) is 0 Å². The minimum absolute atomic E-state index is 0.0655. The van der Waals surface area contributed by atoms with E-state index in [1.165, 1.54) is 6.92 Å². The van der Waals surface area contributed by atoms with Crippen LogP contribution in [-0.2, 0) is 4.74 Å². The van der Waals surface area contributed by atoms with E-state index in [4.69, 9.17) is 4.74 Å². The Bertz CT molecular complexity index is 668. The summed E-state index contributed by atoms with van der Waals surface area (Å²) in [7, 11) is 0. The van der Waals surface area contributed by atoms with Crippen LogP contribution in [0, 0.1) is 13.8 Å². The molecule has 0 radical (unpaired) electrons. The van der Waals surface area contributed by atoms with Crippen molar-refractivity contribution in [2.45, 2.75) is 27.7 Å². The standard InChI is InChI=1S/C15H17NO3/c1-5-19-15(18)12-8-13-9(2)6-7-16(13)14(10(12)3)11(4)17/h6-8H,5H2,1-4H3. The molecule has 0 aromatic carbocycles. The SMILES string of the molecule is CCOC(=O)c1cc2c(C)ccn2c(C(C)=O)c1C. The first-order chi connectivity index (χ1) is 8.97. The van der Waals surface area contributed by atoms with Crippen molar-refractivity contribution in [1.29, 1.82) is 0 Å². The third-order valence-electron chi connectivity index (χ3n) is 3.25. The molecule has 0 saturated heterocycles. The summed E-state index contributed by atoms with van der Waals surface area (Å²) in [5.74, 6) is -0.449. The molecule has 0 N–H and O–H groups in total. The number of Topliss-reactive ketones (excluding diaryl/α,β-unsaturated/α-hetero) is 1. The molecule has 100 valence electrons. The van der Waals surface area contributed by atoms with Crippen LogP contribution in [0.15, 0.2) is 18.3 Å². The Kier molecular flexibility index (Phi) is 3.42. The third kappa shape index (κ3) is 2.14. The zero-order valence-electron chi connectivity index (χ0n) is 11.6. The number of ether oxygens (including phenoxy) is 1. The molecule has 0 aliphatic heterocycles. The quantitative estimate of drug-likeness (QED) is 0.629. The number of rotatable bonds is 3. The molecule has 19 heavy (non-hydrogen) atoms. The molecule has 0 atom stereocenters. The number of fused-ring (bicyclic) bond motifs is 1. The van der Waals surface area contributed by atoms with E-state index in [1.807, 2.05) is 23.6 Å². The van der Waals surface area contributed by atoms with Gasteiger partial charge in [-0.2, -0.15) is 0 Å². The van der Waals surface area contributed by atoms with E-state index in [-0.39, 0.29) is 11.8 Å². The summed E-state index contributed by atoms with van der Waals surface area (Å²) in [6.45, 7) is 7.31. The Morgan fingerprint density at radius 1 is 1.32 bits per heavy atom. The molecule has 2 aromatic heterocycles. The van der Waals surface area contributed by atoms with E-state index in [1.54, 1.807) is 19.9 Å². The second-order valence-electron chi connectivity index (χ2n) is 4.56. The fourth-order valence-corrected chi connectivity index (χ4v) is 2.33. The first-order valence-corrected chi connectivity index (χ1v) is 6.26. The number of carbonyl (C=O) groups is 2. The second-order valence-corrected chi connectivity index (χ2v) is 4.56. The van der Waals surface area contributed by atoms with Crippen LogP contribution in [0.1, 0.15) is 45.8 Å². The summed E-state index contributed by atoms with van der Waals surface area (Å²) in [6.07, 6.45) is 1.85. The van der Waals surface area contributed by atoms with Crippen LogP contribution >= 0.6 is 0 Å². The molecule has 4 heteroatoms. The number of ketones is 1. The highest BCUT2D eigenvalue weighted by atomic mass is 16.5. The molecule has 2 rings (SSSR count). The Balaban J connectivity index is 2.79. The van der Waals surface area contributed by atoms with E-state index in [2.05, 4.69) is 0 Å². The van der Waals surface area contributed by atoms with Crippen LogP contribution in [0.4, 0.5) is 0 Å². The predicted molar refractivity (Wildman–Crippen MR) is 72.8 cm³/mol. The predicted octanol–water partition coefficient (Wildman–Crippen LogP) is 2.94. The molecule has 0 amide bonds. The summed E-state index contributed by atoms with van der Waals surface area (Å²) >= 11 is 0. The van der Waals surface area contributed by atoms with E-state index in [0.29, 0.717) is 23.4 Å². The molecular weight excluding hydrogens is 242 g/mol. The van der Waals surface area contributed by atoms with Crippen LogP contribution in [0.25, 0.3) is 5.52 Å². The van der Waals surface area contributed by atoms with Gasteiger partial charge in [-0.15, -0.1) is 0 Å². The van der Waals surface area contributed by atoms with Crippen molar-refractivity contribution >= 4 is 17.3 Å². The molecule has 2 aromatic rings. The minimum atomic E-state index is -0.384. The summed E-state index contributed by atoms with van der Waals surface area (Å²) in [6, 6.07) is 3.71. The number of pyridine rings is 1. The van der Waals surface area contributed by atoms with Gasteiger partial charge in [0.2, 0.25) is 0 Å². The molecule has 0 fully saturated rings. The van der Waals surface area contributed by atoms with Gasteiger partial charge < -0.3 is 9.14 Å². The number of esters is 1. The summed E-state index contributed by atoms with van der Waals surface area (Å²) in [4.78, 5) is 23.8. The zero-order valence-corrected chi connectivity index (χ0v) is 11.6. The molecule has 4 nitrogen and oxygen atoms in total. The zero-order chi connectivity index (χ0) is 14.2. The van der Waals surface area contributed by atoms with Gasteiger partial charge in [-0.1, -0.05) is 0 Å². The smallest absolute Gasteiger partial charge is 0.338 e. The largest absolute Gasteiger partial charge is 0.462 e. The molecule has 0 aliphatic rings. The number of carbonyl (C=O) groups excluding carboxylic acids is 2. The molecule has 0 unspecified atom stereocenters. The van der Waals surface area contributed by atoms with Gasteiger partial charge in [0.15, 0.2) is 5.78 Å². The fourth-order valence-electron chi connectivity index (χ4n) is 2.33. The first-order valence-electron chi connectivity index (χ1n) is 6.26. The minimum Gasteiger partial charge on any atom is -0.462 e. The van der Waals surface area contributed by atoms with Crippen molar-refractivity contribution in [3.63, 3.8) is 0 Å². The van der Waals surface area contributed by atoms with E-state index < -0.39 is 0 Å². The van der Waals surface area contributed by atoms with E-state index >= 15 is 0 Å². The molecular formula is C15H17NO3. The molecule has 2 heterocycles. The number of aromatic nitrogens is 1. The molecule has 0 aliphatic carbocycles. The maximum Gasteiger partial charge on any atom is 0.338 e. The normalized spacial score (nSPS) is 10.7. The number of hydrogen-bond donors (Lipinski definition) is 0. The fraction of sp³-hybridized carbons (Fsp3) is 0.333. The van der Waals surface area contributed by atoms with Crippen molar-refractivity contribution in [3.8, 4) is 0 Å². The lowest BCUT2D eigenvalue weighted by atomic mass is 10.0. The van der Waals surface area contributed by atoms with E-state index in [0.717, 1.165) is 11.1 Å². The summed E-state index contributed by atoms with van der Waals surface area (Å²) < 4.78 is 6.88. The average Bonchev–Trinajstić information content (AvgIpc) is 2.69. The van der Waals surface area contributed by atoms with Gasteiger partial charge in [0, 0.05) is 18.6 Å². The first kappa shape index (κ1) is 13.3. The van der Waals surface area contributed by atoms with Crippen LogP contribution < -0.4 is 0 Å². The highest BCUT2D eigenvalue weighted by molar-refractivity contribution is 6.00. The number of nitrogens with zero attached hydrogens (tertiary/aromatic N) is 1. The van der Waals surface area contributed by atoms with Crippen molar-refractivity contribution < 1.29 is 14.3 Å². The maximum atomic E-state index is 12.0. The topological polar surface area (TPSA) is 47.8 Å². The second kappa shape index (κ2) is 4.88. The Morgan fingerprint density at radius 2 is 2.00 bits per heavy atom. The summed E-state index contributed by atoms with van der Waals surface area (Å²) in [5, 5.41) is 0.